The molecule has 0 bridgehead atoms. The second-order valence-corrected chi connectivity index (χ2v) is 12.6. The van der Waals surface area contributed by atoms with Gasteiger partial charge in [-0.25, -0.2) is 4.72 Å². The van der Waals surface area contributed by atoms with Crippen molar-refractivity contribution in [2.45, 2.75) is 65.7 Å². The lowest BCUT2D eigenvalue weighted by Gasteiger charge is -2.23. The largest absolute Gasteiger partial charge is 0.409 e. The molecular formula is C35H39NO4S. The van der Waals surface area contributed by atoms with Crippen LogP contribution in [0.3, 0.4) is 0 Å². The van der Waals surface area contributed by atoms with E-state index in [4.69, 9.17) is 4.18 Å². The number of hydrogen-bond donors (Lipinski definition) is 1. The molecule has 0 radical (unpaired) electrons. The van der Waals surface area contributed by atoms with Gasteiger partial charge in [-0.05, 0) is 51.1 Å². The molecule has 5 nitrogen and oxygen atoms in total. The Kier molecular flexibility index (Phi) is 9.34. The molecule has 0 spiro atoms. The first-order chi connectivity index (χ1) is 19.5. The highest BCUT2D eigenvalue weighted by Crippen LogP contribution is 2.40. The molecule has 0 saturated carbocycles. The van der Waals surface area contributed by atoms with E-state index in [0.717, 1.165) is 27.8 Å². The standard InChI is InChI=1S/C35H39NO4S/c1-23(2)28-20-31(24(3)4)33(32(21-28)25(5)6)22-34(37)36-41(38,39)40-35-29(26-14-9-7-10-15-26)18-13-19-30(35)27-16-11-8-12-17-27/h7-21,23-25H,22H2,1-6H3,(H,36,37). The van der Waals surface area contributed by atoms with Crippen LogP contribution in [-0.2, 0) is 21.5 Å². The number of benzene rings is 4. The summed E-state index contributed by atoms with van der Waals surface area (Å²) in [5, 5.41) is 0. The van der Waals surface area contributed by atoms with Crippen LogP contribution in [-0.4, -0.2) is 14.3 Å². The van der Waals surface area contributed by atoms with Crippen molar-refractivity contribution in [3.63, 3.8) is 0 Å². The van der Waals surface area contributed by atoms with E-state index in [0.29, 0.717) is 17.0 Å². The summed E-state index contributed by atoms with van der Waals surface area (Å²) in [5.74, 6) is 0.216. The number of nitrogens with one attached hydrogen (secondary N) is 1. The fourth-order valence-corrected chi connectivity index (χ4v) is 5.88. The first-order valence-corrected chi connectivity index (χ1v) is 15.5. The third-order valence-electron chi connectivity index (χ3n) is 7.21. The van der Waals surface area contributed by atoms with Gasteiger partial charge in [-0.1, -0.05) is 133 Å². The van der Waals surface area contributed by atoms with E-state index in [2.05, 4.69) is 58.4 Å². The molecule has 0 atom stereocenters. The van der Waals surface area contributed by atoms with E-state index in [1.807, 2.05) is 78.9 Å². The molecule has 4 aromatic carbocycles. The van der Waals surface area contributed by atoms with Gasteiger partial charge in [0.15, 0.2) is 5.75 Å². The molecular weight excluding hydrogens is 530 g/mol. The van der Waals surface area contributed by atoms with Crippen molar-refractivity contribution in [1.29, 1.82) is 0 Å². The number of carbonyl (C=O) groups is 1. The Morgan fingerprint density at radius 1 is 0.683 bits per heavy atom. The van der Waals surface area contributed by atoms with Gasteiger partial charge in [-0.3, -0.25) is 4.79 Å². The fourth-order valence-electron chi connectivity index (χ4n) is 5.09. The zero-order valence-electron chi connectivity index (χ0n) is 24.6. The maximum atomic E-state index is 13.4. The number of hydrogen-bond acceptors (Lipinski definition) is 4. The molecule has 6 heteroatoms. The monoisotopic (exact) mass is 569 g/mol. The van der Waals surface area contributed by atoms with Crippen molar-refractivity contribution in [3.05, 3.63) is 113 Å². The zero-order chi connectivity index (χ0) is 29.7. The quantitative estimate of drug-likeness (QED) is 0.208. The second-order valence-electron chi connectivity index (χ2n) is 11.3. The zero-order valence-corrected chi connectivity index (χ0v) is 25.5. The molecule has 0 aliphatic carbocycles. The van der Waals surface area contributed by atoms with E-state index in [1.165, 1.54) is 5.56 Å². The number of amides is 1. The molecule has 0 aliphatic rings. The highest BCUT2D eigenvalue weighted by Gasteiger charge is 2.25. The van der Waals surface area contributed by atoms with E-state index in [-0.39, 0.29) is 24.0 Å². The van der Waals surface area contributed by atoms with Crippen LogP contribution < -0.4 is 8.91 Å². The van der Waals surface area contributed by atoms with E-state index < -0.39 is 16.2 Å². The Morgan fingerprint density at radius 3 is 1.56 bits per heavy atom. The lowest BCUT2D eigenvalue weighted by Crippen LogP contribution is -2.35. The third kappa shape index (κ3) is 7.25. The van der Waals surface area contributed by atoms with Gasteiger partial charge in [-0.2, -0.15) is 8.42 Å². The van der Waals surface area contributed by atoms with Crippen LogP contribution in [0.5, 0.6) is 5.75 Å². The minimum atomic E-state index is -4.50. The predicted octanol–water partition coefficient (Wildman–Crippen LogP) is 8.37. The van der Waals surface area contributed by atoms with Crippen LogP contribution in [0.25, 0.3) is 22.3 Å². The van der Waals surface area contributed by atoms with Gasteiger partial charge in [0, 0.05) is 11.1 Å². The molecule has 0 unspecified atom stereocenters. The summed E-state index contributed by atoms with van der Waals surface area (Å²) in [6.45, 7) is 12.7. The molecule has 1 amide bonds. The number of para-hydroxylation sites is 1. The Balaban J connectivity index is 1.69. The van der Waals surface area contributed by atoms with Crippen molar-refractivity contribution < 1.29 is 17.4 Å². The van der Waals surface area contributed by atoms with Crippen LogP contribution in [0.4, 0.5) is 0 Å². The number of carbonyl (C=O) groups excluding carboxylic acids is 1. The normalized spacial score (nSPS) is 11.7. The van der Waals surface area contributed by atoms with Gasteiger partial charge in [0.05, 0.1) is 6.42 Å². The second kappa shape index (κ2) is 12.7. The molecule has 1 N–H and O–H groups in total. The van der Waals surface area contributed by atoms with Gasteiger partial charge in [0.25, 0.3) is 0 Å². The summed E-state index contributed by atoms with van der Waals surface area (Å²) in [6, 6.07) is 28.7. The minimum Gasteiger partial charge on any atom is -0.365 e. The van der Waals surface area contributed by atoms with E-state index >= 15 is 0 Å². The van der Waals surface area contributed by atoms with E-state index in [1.54, 1.807) is 0 Å². The molecule has 0 fully saturated rings. The summed E-state index contributed by atoms with van der Waals surface area (Å²) in [5.41, 5.74) is 7.04. The summed E-state index contributed by atoms with van der Waals surface area (Å²) in [4.78, 5) is 13.3. The lowest BCUT2D eigenvalue weighted by atomic mass is 9.83. The minimum absolute atomic E-state index is 0.0616. The van der Waals surface area contributed by atoms with Crippen LogP contribution in [0, 0.1) is 0 Å². The lowest BCUT2D eigenvalue weighted by molar-refractivity contribution is -0.118. The van der Waals surface area contributed by atoms with Crippen molar-refractivity contribution in [1.82, 2.24) is 4.72 Å². The number of rotatable bonds is 10. The summed E-state index contributed by atoms with van der Waals surface area (Å²) >= 11 is 0. The average Bonchev–Trinajstić information content (AvgIpc) is 2.93. The van der Waals surface area contributed by atoms with Gasteiger partial charge in [-0.15, -0.1) is 0 Å². The Bertz CT molecular complexity index is 1520. The first kappa shape index (κ1) is 30.1. The SMILES string of the molecule is CC(C)c1cc(C(C)C)c(CC(=O)NS(=O)(=O)Oc2c(-c3ccccc3)cccc2-c2ccccc2)c(C(C)C)c1. The third-order valence-corrected chi connectivity index (χ3v) is 8.07. The van der Waals surface area contributed by atoms with Crippen molar-refractivity contribution in [2.75, 3.05) is 0 Å². The maximum Gasteiger partial charge on any atom is 0.409 e. The molecule has 0 aromatic heterocycles. The summed E-state index contributed by atoms with van der Waals surface area (Å²) in [7, 11) is -4.50. The molecule has 4 aromatic rings. The Labute approximate surface area is 244 Å². The summed E-state index contributed by atoms with van der Waals surface area (Å²) in [6.07, 6.45) is -0.0616. The van der Waals surface area contributed by atoms with Gasteiger partial charge >= 0.3 is 10.3 Å². The molecule has 41 heavy (non-hydrogen) atoms. The first-order valence-electron chi connectivity index (χ1n) is 14.1. The van der Waals surface area contributed by atoms with Crippen LogP contribution in [0.1, 0.15) is 81.5 Å². The predicted molar refractivity (Wildman–Crippen MR) is 167 cm³/mol. The van der Waals surface area contributed by atoms with Crippen LogP contribution in [0.2, 0.25) is 0 Å². The average molecular weight is 570 g/mol. The van der Waals surface area contributed by atoms with Gasteiger partial charge in [0.2, 0.25) is 5.91 Å². The Hall–Kier alpha value is -3.90. The fraction of sp³-hybridized carbons (Fsp3) is 0.286. The van der Waals surface area contributed by atoms with Crippen molar-refractivity contribution in [2.24, 2.45) is 0 Å². The smallest absolute Gasteiger partial charge is 0.365 e. The highest BCUT2D eigenvalue weighted by atomic mass is 32.2. The van der Waals surface area contributed by atoms with Crippen LogP contribution >= 0.6 is 0 Å². The molecule has 214 valence electrons. The molecule has 0 saturated heterocycles. The maximum absolute atomic E-state index is 13.4. The highest BCUT2D eigenvalue weighted by molar-refractivity contribution is 7.85. The van der Waals surface area contributed by atoms with Crippen molar-refractivity contribution >= 4 is 16.2 Å². The molecule has 0 aliphatic heterocycles. The van der Waals surface area contributed by atoms with Crippen LogP contribution in [0.15, 0.2) is 91.0 Å². The molecule has 4 rings (SSSR count). The van der Waals surface area contributed by atoms with E-state index in [9.17, 15) is 13.2 Å². The topological polar surface area (TPSA) is 72.5 Å². The molecule has 0 heterocycles. The van der Waals surface area contributed by atoms with Gasteiger partial charge in [0.1, 0.15) is 0 Å². The van der Waals surface area contributed by atoms with Crippen molar-refractivity contribution in [3.8, 4) is 28.0 Å². The Morgan fingerprint density at radius 2 is 1.15 bits per heavy atom. The summed E-state index contributed by atoms with van der Waals surface area (Å²) < 4.78 is 34.7. The van der Waals surface area contributed by atoms with Gasteiger partial charge < -0.3 is 4.18 Å².